The Labute approximate surface area is 129 Å². The van der Waals surface area contributed by atoms with Crippen molar-refractivity contribution in [3.8, 4) is 5.88 Å². The number of pyridine rings is 1. The van der Waals surface area contributed by atoms with Crippen molar-refractivity contribution < 1.29 is 9.53 Å². The van der Waals surface area contributed by atoms with Crippen LogP contribution in [0.25, 0.3) is 0 Å². The van der Waals surface area contributed by atoms with E-state index in [9.17, 15) is 0 Å². The Morgan fingerprint density at radius 2 is 2.05 bits per heavy atom. The van der Waals surface area contributed by atoms with Gasteiger partial charge in [-0.2, -0.15) is 0 Å². The number of amides is 1. The predicted octanol–water partition coefficient (Wildman–Crippen LogP) is 0.885. The summed E-state index contributed by atoms with van der Waals surface area (Å²) in [6.07, 6.45) is 2.11. The van der Waals surface area contributed by atoms with Crippen molar-refractivity contribution in [2.75, 3.05) is 12.1 Å². The average Bonchev–Trinajstić information content (AvgIpc) is 2.54. The normalized spacial score (nSPS) is 9.27. The van der Waals surface area contributed by atoms with Gasteiger partial charge in [-0.25, -0.2) is 16.7 Å². The zero-order valence-electron chi connectivity index (χ0n) is 12.7. The van der Waals surface area contributed by atoms with Crippen LogP contribution in [0.3, 0.4) is 0 Å². The third kappa shape index (κ3) is 5.39. The molecule has 2 aromatic rings. The van der Waals surface area contributed by atoms with Crippen molar-refractivity contribution >= 4 is 12.1 Å². The zero-order chi connectivity index (χ0) is 16.4. The Balaban J connectivity index is 0.000000541. The summed E-state index contributed by atoms with van der Waals surface area (Å²) in [4.78, 5) is 13.1. The standard InChI is InChI=1S/C14H17N3O.CH4N2O/c1-11-6-5-7-13(17(2)15)12(11)10-18-14-8-3-4-9-16-14;2-3-1-4/h3-9H,10,15H2,1-2H3;1H,2H2,(H,3,4). The van der Waals surface area contributed by atoms with Gasteiger partial charge in [-0.1, -0.05) is 18.2 Å². The van der Waals surface area contributed by atoms with Gasteiger partial charge in [0.05, 0.1) is 5.69 Å². The van der Waals surface area contributed by atoms with Gasteiger partial charge in [-0.15, -0.1) is 0 Å². The number of rotatable bonds is 5. The number of carbonyl (C=O) groups is 1. The lowest BCUT2D eigenvalue weighted by atomic mass is 10.1. The first-order valence-corrected chi connectivity index (χ1v) is 6.60. The smallest absolute Gasteiger partial charge is 0.221 e. The van der Waals surface area contributed by atoms with E-state index in [1.807, 2.05) is 50.4 Å². The summed E-state index contributed by atoms with van der Waals surface area (Å²) in [5.74, 6) is 10.8. The van der Waals surface area contributed by atoms with E-state index in [1.54, 1.807) is 16.6 Å². The Kier molecular flexibility index (Phi) is 7.38. The van der Waals surface area contributed by atoms with Gasteiger partial charge in [-0.05, 0) is 24.6 Å². The minimum absolute atomic E-state index is 0.403. The number of benzene rings is 1. The minimum atomic E-state index is 0.403. The van der Waals surface area contributed by atoms with E-state index in [0.29, 0.717) is 18.9 Å². The predicted molar refractivity (Wildman–Crippen MR) is 85.7 cm³/mol. The van der Waals surface area contributed by atoms with E-state index in [4.69, 9.17) is 15.4 Å². The quantitative estimate of drug-likeness (QED) is 0.328. The maximum absolute atomic E-state index is 8.94. The van der Waals surface area contributed by atoms with Crippen LogP contribution in [0.2, 0.25) is 0 Å². The monoisotopic (exact) mass is 303 g/mol. The van der Waals surface area contributed by atoms with Crippen molar-refractivity contribution in [3.05, 3.63) is 53.7 Å². The first-order chi connectivity index (χ1) is 10.6. The molecule has 0 aliphatic rings. The number of hydrogen-bond acceptors (Lipinski definition) is 6. The fourth-order valence-corrected chi connectivity index (χ4v) is 1.78. The molecule has 1 heterocycles. The number of aromatic nitrogens is 1. The van der Waals surface area contributed by atoms with Crippen LogP contribution in [0.4, 0.5) is 5.69 Å². The van der Waals surface area contributed by atoms with E-state index < -0.39 is 0 Å². The molecule has 0 atom stereocenters. The van der Waals surface area contributed by atoms with Crippen LogP contribution in [0.5, 0.6) is 5.88 Å². The lowest BCUT2D eigenvalue weighted by Gasteiger charge is -2.18. The molecule has 1 aromatic heterocycles. The zero-order valence-corrected chi connectivity index (χ0v) is 12.7. The van der Waals surface area contributed by atoms with Crippen LogP contribution in [0.1, 0.15) is 11.1 Å². The highest BCUT2D eigenvalue weighted by atomic mass is 16.5. The largest absolute Gasteiger partial charge is 0.473 e. The van der Waals surface area contributed by atoms with Gasteiger partial charge in [0.1, 0.15) is 6.61 Å². The van der Waals surface area contributed by atoms with E-state index in [1.165, 1.54) is 0 Å². The number of nitrogens with two attached hydrogens (primary N) is 2. The average molecular weight is 303 g/mol. The number of carbonyl (C=O) groups excluding carboxylic acids is 1. The Hall–Kier alpha value is -2.64. The van der Waals surface area contributed by atoms with E-state index in [0.717, 1.165) is 16.8 Å². The summed E-state index contributed by atoms with van der Waals surface area (Å²) < 4.78 is 5.67. The van der Waals surface area contributed by atoms with E-state index in [-0.39, 0.29) is 0 Å². The van der Waals surface area contributed by atoms with Gasteiger partial charge in [0, 0.05) is 24.9 Å². The van der Waals surface area contributed by atoms with Crippen LogP contribution in [-0.2, 0) is 11.4 Å². The number of nitrogens with one attached hydrogen (secondary N) is 1. The second kappa shape index (κ2) is 9.32. The van der Waals surface area contributed by atoms with Gasteiger partial charge in [0.2, 0.25) is 12.3 Å². The highest BCUT2D eigenvalue weighted by Crippen LogP contribution is 2.22. The van der Waals surface area contributed by atoms with Crippen molar-refractivity contribution in [1.82, 2.24) is 10.4 Å². The number of ether oxygens (including phenoxy) is 1. The molecule has 5 N–H and O–H groups in total. The number of nitrogens with zero attached hydrogens (tertiary/aromatic N) is 2. The topological polar surface area (TPSA) is 106 Å². The molecule has 0 saturated carbocycles. The fourth-order valence-electron chi connectivity index (χ4n) is 1.78. The molecule has 1 amide bonds. The molecule has 0 spiro atoms. The Morgan fingerprint density at radius 1 is 1.32 bits per heavy atom. The van der Waals surface area contributed by atoms with Gasteiger partial charge < -0.3 is 9.75 Å². The van der Waals surface area contributed by atoms with Gasteiger partial charge in [-0.3, -0.25) is 10.2 Å². The van der Waals surface area contributed by atoms with Crippen molar-refractivity contribution in [3.63, 3.8) is 0 Å². The lowest BCUT2D eigenvalue weighted by molar-refractivity contribution is -0.109. The molecule has 0 bridgehead atoms. The van der Waals surface area contributed by atoms with E-state index >= 15 is 0 Å². The second-order valence-corrected chi connectivity index (χ2v) is 4.42. The molecule has 22 heavy (non-hydrogen) atoms. The molecule has 1 aromatic carbocycles. The third-order valence-corrected chi connectivity index (χ3v) is 2.84. The molecule has 0 fully saturated rings. The Bertz CT molecular complexity index is 575. The lowest BCUT2D eigenvalue weighted by Crippen LogP contribution is -2.26. The van der Waals surface area contributed by atoms with Crippen LogP contribution in [-0.4, -0.2) is 18.4 Å². The summed E-state index contributed by atoms with van der Waals surface area (Å²) in [6.45, 7) is 2.50. The van der Waals surface area contributed by atoms with Crippen molar-refractivity contribution in [2.24, 2.45) is 11.7 Å². The Morgan fingerprint density at radius 3 is 2.59 bits per heavy atom. The molecular formula is C15H21N5O2. The molecule has 0 unspecified atom stereocenters. The highest BCUT2D eigenvalue weighted by molar-refractivity contribution is 5.55. The van der Waals surface area contributed by atoms with Crippen LogP contribution < -0.4 is 26.9 Å². The molecule has 118 valence electrons. The van der Waals surface area contributed by atoms with Crippen LogP contribution in [0, 0.1) is 6.92 Å². The van der Waals surface area contributed by atoms with Crippen molar-refractivity contribution in [2.45, 2.75) is 13.5 Å². The molecule has 0 saturated heterocycles. The molecule has 0 aliphatic carbocycles. The fraction of sp³-hybridized carbons (Fsp3) is 0.200. The maximum Gasteiger partial charge on any atom is 0.221 e. The molecule has 7 nitrogen and oxygen atoms in total. The first kappa shape index (κ1) is 17.4. The first-order valence-electron chi connectivity index (χ1n) is 6.60. The highest BCUT2D eigenvalue weighted by Gasteiger charge is 2.08. The summed E-state index contributed by atoms with van der Waals surface area (Å²) in [7, 11) is 1.82. The summed E-state index contributed by atoms with van der Waals surface area (Å²) in [5, 5.41) is 1.60. The molecule has 7 heteroatoms. The number of hydrogen-bond donors (Lipinski definition) is 3. The second-order valence-electron chi connectivity index (χ2n) is 4.42. The van der Waals surface area contributed by atoms with Crippen molar-refractivity contribution in [1.29, 1.82) is 0 Å². The SMILES string of the molecule is Cc1cccc(N(C)N)c1COc1ccccn1.NNC=O. The van der Waals surface area contributed by atoms with Crippen LogP contribution in [0.15, 0.2) is 42.6 Å². The third-order valence-electron chi connectivity index (χ3n) is 2.84. The molecule has 0 radical (unpaired) electrons. The number of anilines is 1. The maximum atomic E-state index is 8.94. The van der Waals surface area contributed by atoms with Gasteiger partial charge >= 0.3 is 0 Å². The number of hydrazine groups is 2. The van der Waals surface area contributed by atoms with Crippen LogP contribution >= 0.6 is 0 Å². The summed E-state index contributed by atoms with van der Waals surface area (Å²) in [6, 6.07) is 11.6. The van der Waals surface area contributed by atoms with E-state index in [2.05, 4.69) is 10.8 Å². The van der Waals surface area contributed by atoms with Gasteiger partial charge in [0.15, 0.2) is 0 Å². The number of aryl methyl sites for hydroxylation is 1. The molecule has 0 aliphatic heterocycles. The summed E-state index contributed by atoms with van der Waals surface area (Å²) in [5.41, 5.74) is 4.94. The molecular weight excluding hydrogens is 282 g/mol. The summed E-state index contributed by atoms with van der Waals surface area (Å²) >= 11 is 0. The van der Waals surface area contributed by atoms with Gasteiger partial charge in [0.25, 0.3) is 0 Å². The molecule has 2 rings (SSSR count). The minimum Gasteiger partial charge on any atom is -0.473 e.